The highest BCUT2D eigenvalue weighted by Gasteiger charge is 2.36. The monoisotopic (exact) mass is 460 g/mol. The Hall–Kier alpha value is -2.97. The lowest BCUT2D eigenvalue weighted by atomic mass is 10.1. The molecule has 0 spiro atoms. The second-order valence-electron chi connectivity index (χ2n) is 6.58. The van der Waals surface area contributed by atoms with Crippen molar-refractivity contribution in [2.75, 3.05) is 27.3 Å². The molecule has 31 heavy (non-hydrogen) atoms. The van der Waals surface area contributed by atoms with Crippen molar-refractivity contribution in [1.82, 2.24) is 10.2 Å². The van der Waals surface area contributed by atoms with Crippen LogP contribution in [0.15, 0.2) is 47.4 Å². The molecular formula is C22H21ClN2O5S. The number of halogens is 1. The van der Waals surface area contributed by atoms with Crippen LogP contribution in [0, 0.1) is 0 Å². The van der Waals surface area contributed by atoms with Crippen molar-refractivity contribution in [2.24, 2.45) is 0 Å². The Morgan fingerprint density at radius 1 is 1.13 bits per heavy atom. The number of nitrogens with zero attached hydrogens (tertiary/aromatic N) is 1. The second-order valence-corrected chi connectivity index (χ2v) is 7.98. The van der Waals surface area contributed by atoms with E-state index in [-0.39, 0.29) is 11.4 Å². The molecule has 3 rings (SSSR count). The zero-order chi connectivity index (χ0) is 22.4. The summed E-state index contributed by atoms with van der Waals surface area (Å²) in [6, 6.07) is 12.5. The molecule has 162 valence electrons. The topological polar surface area (TPSA) is 84.9 Å². The van der Waals surface area contributed by atoms with Gasteiger partial charge in [-0.1, -0.05) is 35.9 Å². The van der Waals surface area contributed by atoms with Crippen LogP contribution in [0.2, 0.25) is 5.02 Å². The molecule has 0 atom stereocenters. The zero-order valence-corrected chi connectivity index (χ0v) is 18.6. The molecule has 0 aromatic heterocycles. The normalized spacial score (nSPS) is 14.8. The van der Waals surface area contributed by atoms with Crippen molar-refractivity contribution >= 4 is 46.5 Å². The van der Waals surface area contributed by atoms with Crippen molar-refractivity contribution in [3.63, 3.8) is 0 Å². The van der Waals surface area contributed by atoms with Gasteiger partial charge >= 0.3 is 0 Å². The molecule has 1 saturated heterocycles. The van der Waals surface area contributed by atoms with Gasteiger partial charge < -0.3 is 14.8 Å². The number of imide groups is 1. The smallest absolute Gasteiger partial charge is 0.294 e. The fourth-order valence-electron chi connectivity index (χ4n) is 2.95. The maximum atomic E-state index is 12.6. The van der Waals surface area contributed by atoms with Crippen LogP contribution in [0.1, 0.15) is 11.1 Å². The predicted octanol–water partition coefficient (Wildman–Crippen LogP) is 3.75. The first kappa shape index (κ1) is 22.7. The minimum atomic E-state index is -0.509. The molecule has 1 N–H and O–H groups in total. The highest BCUT2D eigenvalue weighted by atomic mass is 35.5. The molecule has 2 aromatic rings. The number of hydrogen-bond donors (Lipinski definition) is 1. The van der Waals surface area contributed by atoms with Crippen LogP contribution in [0.4, 0.5) is 4.79 Å². The number of rotatable bonds is 8. The summed E-state index contributed by atoms with van der Waals surface area (Å²) >= 11 is 6.90. The molecule has 0 radical (unpaired) electrons. The lowest BCUT2D eigenvalue weighted by Crippen LogP contribution is -2.40. The molecule has 0 aliphatic carbocycles. The van der Waals surface area contributed by atoms with Crippen LogP contribution in [0.25, 0.3) is 6.08 Å². The molecule has 3 amide bonds. The third-order valence-corrected chi connectivity index (χ3v) is 5.80. The number of amides is 3. The van der Waals surface area contributed by atoms with Gasteiger partial charge in [0, 0.05) is 11.6 Å². The van der Waals surface area contributed by atoms with Crippen molar-refractivity contribution < 1.29 is 23.9 Å². The van der Waals surface area contributed by atoms with Crippen molar-refractivity contribution in [3.05, 3.63) is 63.5 Å². The van der Waals surface area contributed by atoms with E-state index in [4.69, 9.17) is 21.1 Å². The average molecular weight is 461 g/mol. The Labute approximate surface area is 189 Å². The summed E-state index contributed by atoms with van der Waals surface area (Å²) in [5.74, 6) is 0.306. The van der Waals surface area contributed by atoms with E-state index >= 15 is 0 Å². The maximum Gasteiger partial charge on any atom is 0.294 e. The number of carbonyl (C=O) groups excluding carboxylic acids is 3. The fraction of sp³-hybridized carbons (Fsp3) is 0.227. The number of methoxy groups -OCH3 is 2. The van der Waals surface area contributed by atoms with Gasteiger partial charge in [0.15, 0.2) is 11.5 Å². The average Bonchev–Trinajstić information content (AvgIpc) is 3.02. The van der Waals surface area contributed by atoms with Crippen LogP contribution in [-0.2, 0) is 16.0 Å². The summed E-state index contributed by atoms with van der Waals surface area (Å²) in [4.78, 5) is 38.2. The van der Waals surface area contributed by atoms with Gasteiger partial charge in [-0.15, -0.1) is 0 Å². The van der Waals surface area contributed by atoms with Gasteiger partial charge in [0.2, 0.25) is 5.91 Å². The molecule has 7 nitrogen and oxygen atoms in total. The SMILES string of the molecule is COc1ccc(CCNC(=O)CN2C(=O)S/C(=C\c3ccccc3Cl)C2=O)cc1OC. The van der Waals surface area contributed by atoms with Gasteiger partial charge in [-0.3, -0.25) is 19.3 Å². The predicted molar refractivity (Wildman–Crippen MR) is 120 cm³/mol. The highest BCUT2D eigenvalue weighted by molar-refractivity contribution is 8.18. The lowest BCUT2D eigenvalue weighted by Gasteiger charge is -2.13. The molecule has 0 saturated carbocycles. The Bertz CT molecular complexity index is 1040. The summed E-state index contributed by atoms with van der Waals surface area (Å²) in [5, 5.41) is 2.72. The third kappa shape index (κ3) is 5.59. The third-order valence-electron chi connectivity index (χ3n) is 4.55. The van der Waals surface area contributed by atoms with Crippen LogP contribution in [-0.4, -0.2) is 49.3 Å². The van der Waals surface area contributed by atoms with Crippen molar-refractivity contribution in [2.45, 2.75) is 6.42 Å². The van der Waals surface area contributed by atoms with Gasteiger partial charge in [-0.2, -0.15) is 0 Å². The van der Waals surface area contributed by atoms with E-state index in [1.54, 1.807) is 50.6 Å². The highest BCUT2D eigenvalue weighted by Crippen LogP contribution is 2.33. The lowest BCUT2D eigenvalue weighted by molar-refractivity contribution is -0.129. The summed E-state index contributed by atoms with van der Waals surface area (Å²) in [7, 11) is 3.12. The van der Waals surface area contributed by atoms with Crippen LogP contribution >= 0.6 is 23.4 Å². The first-order valence-corrected chi connectivity index (χ1v) is 10.6. The Morgan fingerprint density at radius 2 is 1.87 bits per heavy atom. The largest absolute Gasteiger partial charge is 0.493 e. The van der Waals surface area contributed by atoms with E-state index in [0.717, 1.165) is 22.2 Å². The standard InChI is InChI=1S/C22H21ClN2O5S/c1-29-17-8-7-14(11-18(17)30-2)9-10-24-20(26)13-25-21(27)19(31-22(25)28)12-15-5-3-4-6-16(15)23/h3-8,11-12H,9-10,13H2,1-2H3,(H,24,26)/b19-12-. The van der Waals surface area contributed by atoms with Crippen LogP contribution < -0.4 is 14.8 Å². The minimum Gasteiger partial charge on any atom is -0.493 e. The van der Waals surface area contributed by atoms with E-state index < -0.39 is 17.1 Å². The van der Waals surface area contributed by atoms with E-state index in [1.165, 1.54) is 0 Å². The van der Waals surface area contributed by atoms with Gasteiger partial charge in [-0.05, 0) is 53.6 Å². The Morgan fingerprint density at radius 3 is 2.58 bits per heavy atom. The first-order valence-electron chi connectivity index (χ1n) is 9.40. The van der Waals surface area contributed by atoms with Crippen molar-refractivity contribution in [3.8, 4) is 11.5 Å². The number of hydrogen-bond acceptors (Lipinski definition) is 6. The van der Waals surface area contributed by atoms with Crippen molar-refractivity contribution in [1.29, 1.82) is 0 Å². The quantitative estimate of drug-likeness (QED) is 0.604. The molecule has 0 unspecified atom stereocenters. The summed E-state index contributed by atoms with van der Waals surface area (Å²) in [5.41, 5.74) is 1.58. The van der Waals surface area contributed by atoms with Gasteiger partial charge in [0.25, 0.3) is 11.1 Å². The van der Waals surface area contributed by atoms with Gasteiger partial charge in [0.05, 0.1) is 19.1 Å². The number of thioether (sulfide) groups is 1. The number of benzene rings is 2. The Balaban J connectivity index is 1.55. The summed E-state index contributed by atoms with van der Waals surface area (Å²) in [6.07, 6.45) is 2.11. The van der Waals surface area contributed by atoms with Crippen LogP contribution in [0.3, 0.4) is 0 Å². The van der Waals surface area contributed by atoms with E-state index in [2.05, 4.69) is 5.32 Å². The fourth-order valence-corrected chi connectivity index (χ4v) is 3.97. The molecule has 2 aromatic carbocycles. The van der Waals surface area contributed by atoms with E-state index in [9.17, 15) is 14.4 Å². The summed E-state index contributed by atoms with van der Waals surface area (Å²) in [6.45, 7) is 0.0104. The molecule has 0 bridgehead atoms. The van der Waals surface area contributed by atoms with Gasteiger partial charge in [-0.25, -0.2) is 0 Å². The molecular weight excluding hydrogens is 440 g/mol. The zero-order valence-electron chi connectivity index (χ0n) is 17.0. The molecule has 1 heterocycles. The van der Waals surface area contributed by atoms with E-state index in [0.29, 0.717) is 35.1 Å². The first-order chi connectivity index (χ1) is 14.9. The molecule has 9 heteroatoms. The van der Waals surface area contributed by atoms with Crippen LogP contribution in [0.5, 0.6) is 11.5 Å². The van der Waals surface area contributed by atoms with Gasteiger partial charge in [0.1, 0.15) is 6.54 Å². The molecule has 1 aliphatic rings. The number of ether oxygens (including phenoxy) is 2. The van der Waals surface area contributed by atoms with E-state index in [1.807, 2.05) is 12.1 Å². The number of nitrogens with one attached hydrogen (secondary N) is 1. The second kappa shape index (κ2) is 10.4. The molecule has 1 aliphatic heterocycles. The number of carbonyl (C=O) groups is 3. The Kier molecular flexibility index (Phi) is 7.59. The summed E-state index contributed by atoms with van der Waals surface area (Å²) < 4.78 is 10.5. The minimum absolute atomic E-state index is 0.233. The molecule has 1 fully saturated rings. The maximum absolute atomic E-state index is 12.6.